The van der Waals surface area contributed by atoms with Crippen molar-refractivity contribution in [2.24, 2.45) is 0 Å². The van der Waals surface area contributed by atoms with Gasteiger partial charge >= 0.3 is 0 Å². The van der Waals surface area contributed by atoms with E-state index in [1.165, 1.54) is 12.1 Å². The quantitative estimate of drug-likeness (QED) is 0.879. The molecular weight excluding hydrogens is 255 g/mol. The Hall–Kier alpha value is -2.17. The molecule has 1 aromatic carbocycles. The van der Waals surface area contributed by atoms with E-state index in [0.29, 0.717) is 6.54 Å². The van der Waals surface area contributed by atoms with Crippen LogP contribution in [0.3, 0.4) is 0 Å². The number of rotatable bonds is 6. The second kappa shape index (κ2) is 6.84. The summed E-state index contributed by atoms with van der Waals surface area (Å²) in [5, 5.41) is 3.20. The van der Waals surface area contributed by atoms with Crippen molar-refractivity contribution in [2.75, 3.05) is 23.3 Å². The maximum absolute atomic E-state index is 12.8. The first-order valence-electron chi connectivity index (χ1n) is 6.78. The molecule has 1 N–H and O–H groups in total. The Morgan fingerprint density at radius 3 is 2.20 bits per heavy atom. The molecule has 5 heteroatoms. The van der Waals surface area contributed by atoms with Crippen LogP contribution >= 0.6 is 0 Å². The van der Waals surface area contributed by atoms with Gasteiger partial charge in [0.1, 0.15) is 5.82 Å². The second-order valence-electron chi connectivity index (χ2n) is 4.42. The molecule has 2 rings (SSSR count). The highest BCUT2D eigenvalue weighted by Crippen LogP contribution is 2.11. The van der Waals surface area contributed by atoms with Crippen molar-refractivity contribution in [3.8, 4) is 0 Å². The molecule has 0 aliphatic carbocycles. The van der Waals surface area contributed by atoms with Crippen molar-refractivity contribution in [1.29, 1.82) is 0 Å². The summed E-state index contributed by atoms with van der Waals surface area (Å²) < 4.78 is 12.8. The predicted octanol–water partition coefficient (Wildman–Crippen LogP) is 3.07. The van der Waals surface area contributed by atoms with Gasteiger partial charge in [0.2, 0.25) is 5.95 Å². The SMILES string of the molecule is CCN(CC)c1ncc(CNc2ccc(F)cc2)cn1. The average molecular weight is 274 g/mol. The number of hydrogen-bond acceptors (Lipinski definition) is 4. The summed E-state index contributed by atoms with van der Waals surface area (Å²) in [5.41, 5.74) is 1.87. The molecule has 0 saturated heterocycles. The predicted molar refractivity (Wildman–Crippen MR) is 79.3 cm³/mol. The van der Waals surface area contributed by atoms with Crippen LogP contribution in [0.15, 0.2) is 36.7 Å². The molecule has 0 unspecified atom stereocenters. The van der Waals surface area contributed by atoms with Crippen LogP contribution in [0.4, 0.5) is 16.0 Å². The third-order valence-electron chi connectivity index (χ3n) is 3.08. The minimum atomic E-state index is -0.234. The van der Waals surface area contributed by atoms with Crippen LogP contribution in [0.5, 0.6) is 0 Å². The van der Waals surface area contributed by atoms with Crippen molar-refractivity contribution < 1.29 is 4.39 Å². The Bertz CT molecular complexity index is 521. The van der Waals surface area contributed by atoms with Gasteiger partial charge in [-0.1, -0.05) is 0 Å². The van der Waals surface area contributed by atoms with Crippen molar-refractivity contribution in [3.05, 3.63) is 48.0 Å². The van der Waals surface area contributed by atoms with Gasteiger partial charge in [-0.2, -0.15) is 0 Å². The van der Waals surface area contributed by atoms with E-state index in [4.69, 9.17) is 0 Å². The smallest absolute Gasteiger partial charge is 0.225 e. The molecule has 0 fully saturated rings. The van der Waals surface area contributed by atoms with Crippen LogP contribution in [0.25, 0.3) is 0 Å². The van der Waals surface area contributed by atoms with Crippen LogP contribution in [0, 0.1) is 5.82 Å². The van der Waals surface area contributed by atoms with Crippen molar-refractivity contribution in [3.63, 3.8) is 0 Å². The van der Waals surface area contributed by atoms with Gasteiger partial charge in [0.25, 0.3) is 0 Å². The highest BCUT2D eigenvalue weighted by atomic mass is 19.1. The summed E-state index contributed by atoms with van der Waals surface area (Å²) in [4.78, 5) is 10.8. The van der Waals surface area contributed by atoms with Crippen molar-refractivity contribution >= 4 is 11.6 Å². The molecule has 0 aliphatic heterocycles. The molecule has 4 nitrogen and oxygen atoms in total. The van der Waals surface area contributed by atoms with E-state index in [1.54, 1.807) is 12.1 Å². The van der Waals surface area contributed by atoms with Crippen LogP contribution in [-0.4, -0.2) is 23.1 Å². The Morgan fingerprint density at radius 2 is 1.65 bits per heavy atom. The van der Waals surface area contributed by atoms with Crippen LogP contribution in [0.2, 0.25) is 0 Å². The molecule has 0 radical (unpaired) electrons. The Balaban J connectivity index is 1.95. The monoisotopic (exact) mass is 274 g/mol. The summed E-state index contributed by atoms with van der Waals surface area (Å²) in [6, 6.07) is 6.28. The minimum absolute atomic E-state index is 0.234. The molecule has 20 heavy (non-hydrogen) atoms. The van der Waals surface area contributed by atoms with E-state index in [0.717, 1.165) is 30.3 Å². The lowest BCUT2D eigenvalue weighted by Crippen LogP contribution is -2.24. The number of anilines is 2. The third kappa shape index (κ3) is 3.66. The topological polar surface area (TPSA) is 41.1 Å². The van der Waals surface area contributed by atoms with E-state index in [1.807, 2.05) is 12.4 Å². The molecule has 0 bridgehead atoms. The van der Waals surface area contributed by atoms with Gasteiger partial charge < -0.3 is 10.2 Å². The maximum atomic E-state index is 12.8. The zero-order valence-corrected chi connectivity index (χ0v) is 11.8. The molecule has 2 aromatic rings. The van der Waals surface area contributed by atoms with E-state index in [2.05, 4.69) is 34.0 Å². The highest BCUT2D eigenvalue weighted by Gasteiger charge is 2.04. The highest BCUT2D eigenvalue weighted by molar-refractivity contribution is 5.43. The normalized spacial score (nSPS) is 10.3. The molecule has 0 amide bonds. The molecule has 0 atom stereocenters. The molecular formula is C15H19FN4. The number of halogens is 1. The van der Waals surface area contributed by atoms with Crippen molar-refractivity contribution in [1.82, 2.24) is 9.97 Å². The summed E-state index contributed by atoms with van der Waals surface area (Å²) in [6.45, 7) is 6.56. The zero-order chi connectivity index (χ0) is 14.4. The number of aromatic nitrogens is 2. The van der Waals surface area contributed by atoms with Gasteiger partial charge in [-0.15, -0.1) is 0 Å². The fourth-order valence-electron chi connectivity index (χ4n) is 1.88. The van der Waals surface area contributed by atoms with Gasteiger partial charge in [-0.3, -0.25) is 0 Å². The minimum Gasteiger partial charge on any atom is -0.381 e. The molecule has 106 valence electrons. The Labute approximate surface area is 118 Å². The lowest BCUT2D eigenvalue weighted by molar-refractivity contribution is 0.628. The number of benzene rings is 1. The molecule has 0 saturated carbocycles. The zero-order valence-electron chi connectivity index (χ0n) is 11.8. The Kier molecular flexibility index (Phi) is 4.87. The fraction of sp³-hybridized carbons (Fsp3) is 0.333. The first-order chi connectivity index (χ1) is 9.72. The molecule has 0 spiro atoms. The van der Waals surface area contributed by atoms with Crippen LogP contribution in [0.1, 0.15) is 19.4 Å². The van der Waals surface area contributed by atoms with Crippen LogP contribution < -0.4 is 10.2 Å². The van der Waals surface area contributed by atoms with Gasteiger partial charge in [-0.05, 0) is 38.1 Å². The van der Waals surface area contributed by atoms with E-state index in [9.17, 15) is 4.39 Å². The standard InChI is InChI=1S/C15H19FN4/c1-3-20(4-2)15-18-10-12(11-19-15)9-17-14-7-5-13(16)6-8-14/h5-8,10-11,17H,3-4,9H2,1-2H3. The number of nitrogens with one attached hydrogen (secondary N) is 1. The second-order valence-corrected chi connectivity index (χ2v) is 4.42. The summed E-state index contributed by atoms with van der Waals surface area (Å²) in [7, 11) is 0. The van der Waals surface area contributed by atoms with Crippen molar-refractivity contribution in [2.45, 2.75) is 20.4 Å². The largest absolute Gasteiger partial charge is 0.381 e. The Morgan fingerprint density at radius 1 is 1.05 bits per heavy atom. The summed E-state index contributed by atoms with van der Waals surface area (Å²) in [6.07, 6.45) is 3.63. The lowest BCUT2D eigenvalue weighted by Gasteiger charge is -2.18. The third-order valence-corrected chi connectivity index (χ3v) is 3.08. The van der Waals surface area contributed by atoms with Gasteiger partial charge in [0, 0.05) is 43.3 Å². The number of nitrogens with zero attached hydrogens (tertiary/aromatic N) is 3. The average Bonchev–Trinajstić information content (AvgIpc) is 2.49. The van der Waals surface area contributed by atoms with E-state index >= 15 is 0 Å². The summed E-state index contributed by atoms with van der Waals surface area (Å²) in [5.74, 6) is 0.517. The van der Waals surface area contributed by atoms with Crippen LogP contribution in [-0.2, 0) is 6.54 Å². The lowest BCUT2D eigenvalue weighted by atomic mass is 10.3. The first-order valence-corrected chi connectivity index (χ1v) is 6.78. The van der Waals surface area contributed by atoms with Gasteiger partial charge in [0.05, 0.1) is 0 Å². The molecule has 0 aliphatic rings. The first kappa shape index (κ1) is 14.2. The van der Waals surface area contributed by atoms with E-state index < -0.39 is 0 Å². The molecule has 1 aromatic heterocycles. The summed E-state index contributed by atoms with van der Waals surface area (Å²) >= 11 is 0. The molecule has 1 heterocycles. The fourth-order valence-corrected chi connectivity index (χ4v) is 1.88. The van der Waals surface area contributed by atoms with Gasteiger partial charge in [0.15, 0.2) is 0 Å². The maximum Gasteiger partial charge on any atom is 0.225 e. The van der Waals surface area contributed by atoms with E-state index in [-0.39, 0.29) is 5.82 Å². The number of hydrogen-bond donors (Lipinski definition) is 1. The van der Waals surface area contributed by atoms with Gasteiger partial charge in [-0.25, -0.2) is 14.4 Å².